The van der Waals surface area contributed by atoms with Crippen LogP contribution in [0.4, 0.5) is 0 Å². The van der Waals surface area contributed by atoms with Crippen LogP contribution < -0.4 is 11.1 Å². The van der Waals surface area contributed by atoms with Gasteiger partial charge in [-0.3, -0.25) is 4.99 Å². The summed E-state index contributed by atoms with van der Waals surface area (Å²) in [4.78, 5) is 3.99. The van der Waals surface area contributed by atoms with E-state index in [1.165, 1.54) is 67.5 Å². The Hall–Kier alpha value is -0.650. The van der Waals surface area contributed by atoms with Gasteiger partial charge in [0, 0.05) is 19.5 Å². The Kier molecular flexibility index (Phi) is 4.59. The molecule has 3 heterocycles. The molecule has 0 saturated carbocycles. The molecule has 3 saturated heterocycles. The van der Waals surface area contributed by atoms with Gasteiger partial charge in [-0.2, -0.15) is 0 Å². The number of aliphatic imine (C=N–C) groups is 1. The van der Waals surface area contributed by atoms with E-state index in [1.54, 1.807) is 0 Å². The Morgan fingerprint density at radius 1 is 1.11 bits per heavy atom. The second-order valence-electron chi connectivity index (χ2n) is 6.19. The van der Waals surface area contributed by atoms with Crippen LogP contribution >= 0.6 is 0 Å². The minimum Gasteiger partial charge on any atom is -0.390 e. The van der Waals surface area contributed by atoms with Gasteiger partial charge in [0.15, 0.2) is 0 Å². The second kappa shape index (κ2) is 5.99. The van der Waals surface area contributed by atoms with E-state index in [9.17, 15) is 0 Å². The van der Waals surface area contributed by atoms with Crippen molar-refractivity contribution in [2.24, 2.45) is 10.7 Å². The van der Waals surface area contributed by atoms with Crippen LogP contribution in [-0.2, 0) is 0 Å². The van der Waals surface area contributed by atoms with Crippen LogP contribution in [0.2, 0.25) is 0 Å². The van der Waals surface area contributed by atoms with Gasteiger partial charge in [0.25, 0.3) is 0 Å². The number of quaternary nitrogens is 2. The minimum absolute atomic E-state index is 0.798. The van der Waals surface area contributed by atoms with Gasteiger partial charge in [-0.15, -0.1) is 0 Å². The van der Waals surface area contributed by atoms with Crippen LogP contribution in [-0.4, -0.2) is 87.8 Å². The average molecular weight is 255 g/mol. The van der Waals surface area contributed by atoms with E-state index < -0.39 is 0 Å². The van der Waals surface area contributed by atoms with E-state index in [0.717, 1.165) is 19.6 Å². The van der Waals surface area contributed by atoms with Crippen molar-refractivity contribution in [1.29, 1.82) is 0 Å². The predicted octanol–water partition coefficient (Wildman–Crippen LogP) is -0.756. The van der Waals surface area contributed by atoms with E-state index in [2.05, 4.69) is 17.4 Å². The first-order valence-electron chi connectivity index (χ1n) is 7.28. The number of nitrogens with zero attached hydrogens (tertiary/aromatic N) is 3. The summed E-state index contributed by atoms with van der Waals surface area (Å²) in [5.74, 6) is 0. The van der Waals surface area contributed by atoms with E-state index in [1.807, 2.05) is 0 Å². The van der Waals surface area contributed by atoms with Crippen molar-refractivity contribution in [3.8, 4) is 0 Å². The second-order valence-corrected chi connectivity index (χ2v) is 6.19. The monoisotopic (exact) mass is 255 g/mol. The highest BCUT2D eigenvalue weighted by atomic mass is 15.5. The molecule has 0 atom stereocenters. The summed E-state index contributed by atoms with van der Waals surface area (Å²) in [5.41, 5.74) is 5.19. The van der Waals surface area contributed by atoms with Crippen molar-refractivity contribution < 1.29 is 8.97 Å². The molecule has 3 N–H and O–H groups in total. The van der Waals surface area contributed by atoms with E-state index in [4.69, 9.17) is 5.73 Å². The highest BCUT2D eigenvalue weighted by Gasteiger charge is 2.45. The number of nitrogens with one attached hydrogen (secondary N) is 1. The molecule has 3 fully saturated rings. The Morgan fingerprint density at radius 2 is 1.78 bits per heavy atom. The summed E-state index contributed by atoms with van der Waals surface area (Å²) >= 11 is 0. The number of piperazine rings is 3. The molecule has 5 heteroatoms. The van der Waals surface area contributed by atoms with Gasteiger partial charge in [0.05, 0.1) is 26.5 Å². The minimum atomic E-state index is 0.798. The number of hydrogen-bond acceptors (Lipinski definition) is 2. The summed E-state index contributed by atoms with van der Waals surface area (Å²) < 4.78 is 2.71. The molecule has 0 aromatic heterocycles. The fourth-order valence-corrected chi connectivity index (χ4v) is 3.25. The number of nitrogens with two attached hydrogens (primary N) is 1. The van der Waals surface area contributed by atoms with Gasteiger partial charge < -0.3 is 20.0 Å². The van der Waals surface area contributed by atoms with Crippen molar-refractivity contribution in [2.45, 2.75) is 6.42 Å². The highest BCUT2D eigenvalue weighted by molar-refractivity contribution is 5.50. The lowest BCUT2D eigenvalue weighted by molar-refractivity contribution is -1.07. The molecule has 2 bridgehead atoms. The zero-order valence-electron chi connectivity index (χ0n) is 11.8. The van der Waals surface area contributed by atoms with Crippen molar-refractivity contribution in [1.82, 2.24) is 5.32 Å². The maximum absolute atomic E-state index is 5.19. The van der Waals surface area contributed by atoms with Gasteiger partial charge in [-0.05, 0) is 0 Å². The van der Waals surface area contributed by atoms with Crippen LogP contribution in [0.15, 0.2) is 4.99 Å². The van der Waals surface area contributed by atoms with Gasteiger partial charge in [0.2, 0.25) is 0 Å². The molecule has 3 aliphatic rings. The Morgan fingerprint density at radius 3 is 2.39 bits per heavy atom. The van der Waals surface area contributed by atoms with Crippen LogP contribution in [0.1, 0.15) is 6.42 Å². The molecule has 18 heavy (non-hydrogen) atoms. The molecule has 0 aromatic rings. The van der Waals surface area contributed by atoms with Crippen LogP contribution in [0, 0.1) is 0 Å². The van der Waals surface area contributed by atoms with Crippen molar-refractivity contribution >= 4 is 6.34 Å². The third kappa shape index (κ3) is 3.43. The maximum Gasteiger partial charge on any atom is 0.129 e. The maximum atomic E-state index is 5.19. The van der Waals surface area contributed by atoms with Gasteiger partial charge in [-0.25, -0.2) is 0 Å². The van der Waals surface area contributed by atoms with E-state index in [-0.39, 0.29) is 0 Å². The zero-order valence-corrected chi connectivity index (χ0v) is 11.8. The first-order chi connectivity index (χ1) is 8.68. The van der Waals surface area contributed by atoms with Gasteiger partial charge >= 0.3 is 0 Å². The van der Waals surface area contributed by atoms with E-state index >= 15 is 0 Å². The number of likely N-dealkylation sites (N-methyl/N-ethyl adjacent to an activating group) is 1. The lowest BCUT2D eigenvalue weighted by Gasteiger charge is -2.54. The highest BCUT2D eigenvalue weighted by Crippen LogP contribution is 2.24. The molecule has 0 unspecified atom stereocenters. The molecule has 0 aromatic carbocycles. The summed E-state index contributed by atoms with van der Waals surface area (Å²) in [6.07, 6.45) is 2.67. The average Bonchev–Trinajstić information content (AvgIpc) is 2.40. The normalized spacial score (nSPS) is 35.4. The Labute approximate surface area is 111 Å². The molecule has 5 nitrogen and oxygen atoms in total. The summed E-state index contributed by atoms with van der Waals surface area (Å²) in [5, 5.41) is 3.44. The molecular formula is C13H29N5+2. The Balaban J connectivity index is 1.59. The fraction of sp³-hybridized carbons (Fsp3) is 0.923. The number of rotatable bonds is 7. The molecule has 3 rings (SSSR count). The molecule has 3 aliphatic heterocycles. The first kappa shape index (κ1) is 13.8. The van der Waals surface area contributed by atoms with Crippen molar-refractivity contribution in [2.75, 3.05) is 72.5 Å². The van der Waals surface area contributed by atoms with Crippen molar-refractivity contribution in [3.05, 3.63) is 0 Å². The number of hydrogen-bond donors (Lipinski definition) is 2. The summed E-state index contributed by atoms with van der Waals surface area (Å²) in [6, 6.07) is 0. The fourth-order valence-electron chi connectivity index (χ4n) is 3.25. The first-order valence-corrected chi connectivity index (χ1v) is 7.28. The largest absolute Gasteiger partial charge is 0.390 e. The summed E-state index contributed by atoms with van der Waals surface area (Å²) in [7, 11) is 2.42. The molecule has 0 spiro atoms. The third-order valence-corrected chi connectivity index (χ3v) is 4.85. The molecule has 104 valence electrons. The van der Waals surface area contributed by atoms with Gasteiger partial charge in [0.1, 0.15) is 39.3 Å². The lowest BCUT2D eigenvalue weighted by Crippen LogP contribution is -2.73. The van der Waals surface area contributed by atoms with Crippen LogP contribution in [0.5, 0.6) is 0 Å². The quantitative estimate of drug-likeness (QED) is 0.272. The molecule has 0 aliphatic carbocycles. The topological polar surface area (TPSA) is 50.4 Å². The van der Waals surface area contributed by atoms with Crippen LogP contribution in [0.25, 0.3) is 0 Å². The third-order valence-electron chi connectivity index (χ3n) is 4.85. The predicted molar refractivity (Wildman–Crippen MR) is 75.5 cm³/mol. The zero-order chi connectivity index (χ0) is 12.9. The van der Waals surface area contributed by atoms with Crippen LogP contribution in [0.3, 0.4) is 0 Å². The number of fused-ring (bicyclic) bond motifs is 3. The SMILES string of the molecule is C[N+]12CC[N+](CCCNCCN=CN)(CC1)CC2. The molecule has 0 amide bonds. The Bertz CT molecular complexity index is 265. The van der Waals surface area contributed by atoms with E-state index in [0.29, 0.717) is 0 Å². The van der Waals surface area contributed by atoms with Crippen molar-refractivity contribution in [3.63, 3.8) is 0 Å². The molecular weight excluding hydrogens is 226 g/mol. The standard InChI is InChI=1S/C13H29N5/c1-17-7-10-18(11-8-17,12-9-17)6-2-3-15-4-5-16-13-14/h13,15H,2-12H2,1H3,(H2,14,16)/q+2. The molecule has 0 radical (unpaired) electrons. The summed E-state index contributed by atoms with van der Waals surface area (Å²) in [6.45, 7) is 12.6. The smallest absolute Gasteiger partial charge is 0.129 e. The van der Waals surface area contributed by atoms with Gasteiger partial charge in [-0.1, -0.05) is 0 Å². The lowest BCUT2D eigenvalue weighted by atomic mass is 10.1.